The van der Waals surface area contributed by atoms with Crippen LogP contribution in [0.1, 0.15) is 0 Å². The molecule has 0 aliphatic rings. The number of nitro groups is 1. The number of benzene rings is 2. The van der Waals surface area contributed by atoms with Gasteiger partial charge in [-0.1, -0.05) is 18.2 Å². The highest BCUT2D eigenvalue weighted by Crippen LogP contribution is 2.21. The fourth-order valence-corrected chi connectivity index (χ4v) is 2.26. The Bertz CT molecular complexity index is 933. The zero-order valence-corrected chi connectivity index (χ0v) is 11.8. The van der Waals surface area contributed by atoms with Crippen LogP contribution in [-0.2, 0) is 0 Å². The molecule has 114 valence electrons. The van der Waals surface area contributed by atoms with Gasteiger partial charge < -0.3 is 0 Å². The summed E-state index contributed by atoms with van der Waals surface area (Å²) in [6.45, 7) is 0. The number of halogens is 1. The molecule has 0 aliphatic heterocycles. The lowest BCUT2D eigenvalue weighted by Gasteiger charge is -2.08. The van der Waals surface area contributed by atoms with E-state index in [0.29, 0.717) is 11.3 Å². The summed E-state index contributed by atoms with van der Waals surface area (Å²) in [6, 6.07) is 14.7. The molecule has 3 rings (SSSR count). The van der Waals surface area contributed by atoms with Gasteiger partial charge in [0, 0.05) is 24.4 Å². The second-order valence-electron chi connectivity index (χ2n) is 4.91. The van der Waals surface area contributed by atoms with Crippen molar-refractivity contribution in [2.75, 3.05) is 0 Å². The molecule has 6 heteroatoms. The van der Waals surface area contributed by atoms with Crippen LogP contribution in [0.5, 0.6) is 0 Å². The van der Waals surface area contributed by atoms with Gasteiger partial charge in [-0.25, -0.2) is 4.39 Å². The lowest BCUT2D eigenvalue weighted by molar-refractivity contribution is -0.384. The fraction of sp³-hybridized carbons (Fsp3) is 0. The summed E-state index contributed by atoms with van der Waals surface area (Å²) in [6.07, 6.45) is 1.58. The van der Waals surface area contributed by atoms with E-state index in [2.05, 4.69) is 0 Å². The molecule has 23 heavy (non-hydrogen) atoms. The zero-order chi connectivity index (χ0) is 16.4. The third-order valence-corrected chi connectivity index (χ3v) is 3.41. The molecular formula is C17H11FN2O3. The first-order chi connectivity index (χ1) is 11.0. The summed E-state index contributed by atoms with van der Waals surface area (Å²) in [5.74, 6) is -0.347. The number of nitrogens with zero attached hydrogens (tertiary/aromatic N) is 2. The Balaban J connectivity index is 2.11. The van der Waals surface area contributed by atoms with E-state index in [1.54, 1.807) is 30.5 Å². The Morgan fingerprint density at radius 2 is 1.65 bits per heavy atom. The van der Waals surface area contributed by atoms with E-state index in [0.717, 1.165) is 5.56 Å². The van der Waals surface area contributed by atoms with Crippen molar-refractivity contribution in [1.82, 2.24) is 4.57 Å². The van der Waals surface area contributed by atoms with Crippen LogP contribution in [0, 0.1) is 15.9 Å². The van der Waals surface area contributed by atoms with Crippen molar-refractivity contribution in [3.8, 4) is 16.8 Å². The van der Waals surface area contributed by atoms with Crippen molar-refractivity contribution < 1.29 is 9.31 Å². The Labute approximate surface area is 130 Å². The Morgan fingerprint density at radius 1 is 0.957 bits per heavy atom. The van der Waals surface area contributed by atoms with Crippen molar-refractivity contribution in [3.63, 3.8) is 0 Å². The summed E-state index contributed by atoms with van der Waals surface area (Å²) < 4.78 is 14.3. The molecule has 0 fully saturated rings. The molecule has 0 spiro atoms. The molecule has 0 saturated heterocycles. The molecule has 0 amide bonds. The molecule has 0 bridgehead atoms. The standard InChI is InChI=1S/C17H11FN2O3/c18-14-7-4-12(5-8-14)13-6-9-17(21)19(11-13)15-2-1-3-16(10-15)20(22)23/h1-11H. The van der Waals surface area contributed by atoms with Crippen LogP contribution < -0.4 is 5.56 Å². The Morgan fingerprint density at radius 3 is 2.35 bits per heavy atom. The highest BCUT2D eigenvalue weighted by atomic mass is 19.1. The maximum absolute atomic E-state index is 13.0. The fourth-order valence-electron chi connectivity index (χ4n) is 2.26. The molecular weight excluding hydrogens is 299 g/mol. The number of hydrogen-bond donors (Lipinski definition) is 0. The normalized spacial score (nSPS) is 10.5. The summed E-state index contributed by atoms with van der Waals surface area (Å²) >= 11 is 0. The molecule has 5 nitrogen and oxygen atoms in total. The minimum Gasteiger partial charge on any atom is -0.283 e. The second-order valence-corrected chi connectivity index (χ2v) is 4.91. The van der Waals surface area contributed by atoms with E-state index < -0.39 is 4.92 Å². The SMILES string of the molecule is O=c1ccc(-c2ccc(F)cc2)cn1-c1cccc([N+](=O)[O-])c1. The highest BCUT2D eigenvalue weighted by Gasteiger charge is 2.09. The van der Waals surface area contributed by atoms with Crippen molar-refractivity contribution in [2.24, 2.45) is 0 Å². The smallest absolute Gasteiger partial charge is 0.271 e. The maximum Gasteiger partial charge on any atom is 0.271 e. The van der Waals surface area contributed by atoms with Gasteiger partial charge in [-0.15, -0.1) is 0 Å². The zero-order valence-electron chi connectivity index (χ0n) is 11.8. The van der Waals surface area contributed by atoms with Gasteiger partial charge in [0.25, 0.3) is 11.2 Å². The molecule has 0 radical (unpaired) electrons. The summed E-state index contributed by atoms with van der Waals surface area (Å²) in [7, 11) is 0. The highest BCUT2D eigenvalue weighted by molar-refractivity contribution is 5.63. The van der Waals surface area contributed by atoms with Crippen LogP contribution in [0.25, 0.3) is 16.8 Å². The maximum atomic E-state index is 13.0. The number of aromatic nitrogens is 1. The van der Waals surface area contributed by atoms with E-state index in [9.17, 15) is 19.3 Å². The minimum absolute atomic E-state index is 0.0958. The molecule has 1 aromatic heterocycles. The summed E-state index contributed by atoms with van der Waals surface area (Å²) in [5, 5.41) is 10.9. The van der Waals surface area contributed by atoms with Gasteiger partial charge in [0.1, 0.15) is 5.82 Å². The van der Waals surface area contributed by atoms with E-state index in [1.807, 2.05) is 0 Å². The van der Waals surface area contributed by atoms with Gasteiger partial charge in [0.2, 0.25) is 0 Å². The van der Waals surface area contributed by atoms with Gasteiger partial charge in [0.05, 0.1) is 10.6 Å². The molecule has 0 unspecified atom stereocenters. The predicted molar refractivity (Wildman–Crippen MR) is 84.1 cm³/mol. The first-order valence-corrected chi connectivity index (χ1v) is 6.78. The quantitative estimate of drug-likeness (QED) is 0.549. The van der Waals surface area contributed by atoms with Crippen LogP contribution >= 0.6 is 0 Å². The van der Waals surface area contributed by atoms with Crippen molar-refractivity contribution in [2.45, 2.75) is 0 Å². The topological polar surface area (TPSA) is 65.1 Å². The molecule has 0 atom stereocenters. The average molecular weight is 310 g/mol. The van der Waals surface area contributed by atoms with Crippen LogP contribution in [0.3, 0.4) is 0 Å². The summed E-state index contributed by atoms with van der Waals surface area (Å²) in [4.78, 5) is 22.4. The lowest BCUT2D eigenvalue weighted by Crippen LogP contribution is -2.16. The predicted octanol–water partition coefficient (Wildman–Crippen LogP) is 3.55. The van der Waals surface area contributed by atoms with Crippen LogP contribution in [0.2, 0.25) is 0 Å². The van der Waals surface area contributed by atoms with Crippen molar-refractivity contribution in [3.05, 3.63) is 93.1 Å². The number of nitro benzene ring substituents is 1. The first kappa shape index (κ1) is 14.6. The lowest BCUT2D eigenvalue weighted by atomic mass is 10.1. The Kier molecular flexibility index (Phi) is 3.72. The minimum atomic E-state index is -0.516. The van der Waals surface area contributed by atoms with Gasteiger partial charge in [-0.3, -0.25) is 19.5 Å². The van der Waals surface area contributed by atoms with Gasteiger partial charge in [-0.05, 0) is 35.4 Å². The molecule has 0 aliphatic carbocycles. The number of rotatable bonds is 3. The average Bonchev–Trinajstić information content (AvgIpc) is 2.56. The third kappa shape index (κ3) is 3.01. The van der Waals surface area contributed by atoms with Gasteiger partial charge in [-0.2, -0.15) is 0 Å². The second kappa shape index (κ2) is 5.84. The monoisotopic (exact) mass is 310 g/mol. The van der Waals surface area contributed by atoms with Crippen molar-refractivity contribution >= 4 is 5.69 Å². The van der Waals surface area contributed by atoms with Crippen LogP contribution in [0.4, 0.5) is 10.1 Å². The Hall–Kier alpha value is -3.28. The van der Waals surface area contributed by atoms with E-state index in [1.165, 1.54) is 41.0 Å². The number of non-ortho nitro benzene ring substituents is 1. The van der Waals surface area contributed by atoms with Crippen LogP contribution in [-0.4, -0.2) is 9.49 Å². The van der Waals surface area contributed by atoms with Crippen molar-refractivity contribution in [1.29, 1.82) is 0 Å². The first-order valence-electron chi connectivity index (χ1n) is 6.78. The largest absolute Gasteiger partial charge is 0.283 e. The van der Waals surface area contributed by atoms with Gasteiger partial charge in [0.15, 0.2) is 0 Å². The van der Waals surface area contributed by atoms with Crippen LogP contribution in [0.15, 0.2) is 71.7 Å². The number of hydrogen-bond acceptors (Lipinski definition) is 3. The van der Waals surface area contributed by atoms with E-state index >= 15 is 0 Å². The van der Waals surface area contributed by atoms with Gasteiger partial charge >= 0.3 is 0 Å². The third-order valence-electron chi connectivity index (χ3n) is 3.41. The molecule has 3 aromatic rings. The summed E-state index contributed by atoms with van der Waals surface area (Å²) in [5.41, 5.74) is 1.44. The molecule has 0 N–H and O–H groups in total. The van der Waals surface area contributed by atoms with E-state index in [-0.39, 0.29) is 17.1 Å². The molecule has 1 heterocycles. The molecule has 0 saturated carbocycles. The van der Waals surface area contributed by atoms with E-state index in [4.69, 9.17) is 0 Å². The molecule has 2 aromatic carbocycles. The number of pyridine rings is 1.